The van der Waals surface area contributed by atoms with Crippen LogP contribution in [0, 0.1) is 16.7 Å². The zero-order valence-corrected chi connectivity index (χ0v) is 13.6. The molecule has 1 amide bonds. The Labute approximate surface area is 141 Å². The second kappa shape index (κ2) is 5.31. The van der Waals surface area contributed by atoms with Crippen LogP contribution in [0.5, 0.6) is 5.75 Å². The van der Waals surface area contributed by atoms with Crippen molar-refractivity contribution >= 4 is 23.2 Å². The van der Waals surface area contributed by atoms with Crippen LogP contribution < -0.4 is 10.1 Å². The van der Waals surface area contributed by atoms with Gasteiger partial charge in [0.2, 0.25) is 17.5 Å². The number of benzene rings is 1. The van der Waals surface area contributed by atoms with Crippen molar-refractivity contribution in [2.24, 2.45) is 16.7 Å². The number of hydrogen-bond acceptors (Lipinski definition) is 4. The van der Waals surface area contributed by atoms with E-state index in [1.807, 2.05) is 0 Å². The number of amides is 1. The highest BCUT2D eigenvalue weighted by Gasteiger charge is 2.72. The predicted molar refractivity (Wildman–Crippen MR) is 80.7 cm³/mol. The molecule has 1 N–H and O–H groups in total. The molecule has 25 heavy (non-hydrogen) atoms. The number of carbonyl (C=O) groups is 3. The molecule has 2 fully saturated rings. The number of rotatable bonds is 3. The first-order valence-electron chi connectivity index (χ1n) is 7.75. The molecule has 3 rings (SSSR count). The van der Waals surface area contributed by atoms with Gasteiger partial charge in [-0.25, -0.2) is 0 Å². The predicted octanol–water partition coefficient (Wildman–Crippen LogP) is 3.10. The lowest BCUT2D eigenvalue weighted by atomic mass is 9.68. The minimum Gasteiger partial charge on any atom is -0.406 e. The largest absolute Gasteiger partial charge is 0.573 e. The number of ketones is 2. The van der Waals surface area contributed by atoms with Crippen LogP contribution in [0.1, 0.15) is 26.7 Å². The van der Waals surface area contributed by atoms with Crippen molar-refractivity contribution in [2.45, 2.75) is 33.1 Å². The van der Waals surface area contributed by atoms with Gasteiger partial charge in [-0.15, -0.1) is 13.2 Å². The van der Waals surface area contributed by atoms with E-state index < -0.39 is 46.3 Å². The van der Waals surface area contributed by atoms with Crippen molar-refractivity contribution in [3.8, 4) is 5.75 Å². The fraction of sp³-hybridized carbons (Fsp3) is 0.471. The van der Waals surface area contributed by atoms with Crippen LogP contribution in [0.2, 0.25) is 0 Å². The van der Waals surface area contributed by atoms with Crippen LogP contribution in [0.25, 0.3) is 0 Å². The van der Waals surface area contributed by atoms with E-state index in [-0.39, 0.29) is 12.1 Å². The summed E-state index contributed by atoms with van der Waals surface area (Å²) in [7, 11) is 0. The van der Waals surface area contributed by atoms with Crippen LogP contribution in [0.15, 0.2) is 24.3 Å². The second-order valence-electron chi connectivity index (χ2n) is 6.94. The first kappa shape index (κ1) is 17.4. The van der Waals surface area contributed by atoms with Crippen molar-refractivity contribution < 1.29 is 32.3 Å². The van der Waals surface area contributed by atoms with Gasteiger partial charge in [0.05, 0.1) is 0 Å². The van der Waals surface area contributed by atoms with Crippen molar-refractivity contribution in [1.29, 1.82) is 0 Å². The van der Waals surface area contributed by atoms with Crippen LogP contribution in [-0.4, -0.2) is 23.8 Å². The minimum absolute atomic E-state index is 0.222. The number of anilines is 1. The van der Waals surface area contributed by atoms with Crippen molar-refractivity contribution in [3.63, 3.8) is 0 Å². The molecule has 2 aliphatic rings. The Balaban J connectivity index is 1.81. The SMILES string of the molecule is CC1(C)[C@H]2CC[C@@]1(C(=O)Nc1ccc(OC(F)(F)F)cc1)C(=O)C2=O. The van der Waals surface area contributed by atoms with Gasteiger partial charge < -0.3 is 10.1 Å². The van der Waals surface area contributed by atoms with E-state index >= 15 is 0 Å². The van der Waals surface area contributed by atoms with Crippen molar-refractivity contribution in [3.05, 3.63) is 24.3 Å². The summed E-state index contributed by atoms with van der Waals surface area (Å²) >= 11 is 0. The van der Waals surface area contributed by atoms with Gasteiger partial charge in [-0.05, 0) is 42.5 Å². The smallest absolute Gasteiger partial charge is 0.406 e. The molecule has 1 aromatic rings. The summed E-state index contributed by atoms with van der Waals surface area (Å²) in [5, 5.41) is 2.55. The van der Waals surface area contributed by atoms with Gasteiger partial charge in [-0.1, -0.05) is 13.8 Å². The fourth-order valence-electron chi connectivity index (χ4n) is 4.06. The Morgan fingerprint density at radius 3 is 2.28 bits per heavy atom. The summed E-state index contributed by atoms with van der Waals surface area (Å²) in [6.45, 7) is 3.46. The summed E-state index contributed by atoms with van der Waals surface area (Å²) in [5.41, 5.74) is -1.99. The highest BCUT2D eigenvalue weighted by molar-refractivity contribution is 6.48. The third-order valence-corrected chi connectivity index (χ3v) is 5.44. The average Bonchev–Trinajstić information content (AvgIpc) is 2.84. The van der Waals surface area contributed by atoms with E-state index in [1.54, 1.807) is 13.8 Å². The molecule has 2 aliphatic carbocycles. The van der Waals surface area contributed by atoms with Gasteiger partial charge in [0, 0.05) is 11.6 Å². The summed E-state index contributed by atoms with van der Waals surface area (Å²) in [6.07, 6.45) is -4.04. The van der Waals surface area contributed by atoms with Crippen LogP contribution in [0.3, 0.4) is 0 Å². The maximum Gasteiger partial charge on any atom is 0.573 e. The molecule has 0 heterocycles. The second-order valence-corrected chi connectivity index (χ2v) is 6.94. The molecule has 2 bridgehead atoms. The Morgan fingerprint density at radius 2 is 1.80 bits per heavy atom. The van der Waals surface area contributed by atoms with E-state index in [0.29, 0.717) is 6.42 Å². The lowest BCUT2D eigenvalue weighted by molar-refractivity contribution is -0.274. The first-order valence-corrected chi connectivity index (χ1v) is 7.75. The van der Waals surface area contributed by atoms with Gasteiger partial charge in [0.15, 0.2) is 0 Å². The maximum atomic E-state index is 12.8. The number of fused-ring (bicyclic) bond motifs is 2. The molecular formula is C17H16F3NO4. The van der Waals surface area contributed by atoms with E-state index in [2.05, 4.69) is 10.1 Å². The Hall–Kier alpha value is -2.38. The summed E-state index contributed by atoms with van der Waals surface area (Å²) in [5.74, 6) is -2.67. The van der Waals surface area contributed by atoms with Crippen LogP contribution >= 0.6 is 0 Å². The lowest BCUT2D eigenvalue weighted by Gasteiger charge is -2.33. The summed E-state index contributed by atoms with van der Waals surface area (Å²) in [6, 6.07) is 4.61. The van der Waals surface area contributed by atoms with Gasteiger partial charge in [0.25, 0.3) is 0 Å². The van der Waals surface area contributed by atoms with Gasteiger partial charge in [-0.3, -0.25) is 14.4 Å². The molecule has 1 aromatic carbocycles. The van der Waals surface area contributed by atoms with E-state index in [9.17, 15) is 27.6 Å². The normalized spacial score (nSPS) is 27.5. The third-order valence-electron chi connectivity index (χ3n) is 5.44. The van der Waals surface area contributed by atoms with E-state index in [0.717, 1.165) is 12.1 Å². The first-order chi connectivity index (χ1) is 11.5. The zero-order valence-electron chi connectivity index (χ0n) is 13.6. The number of Topliss-reactive ketones (excluding diaryl/α,β-unsaturated/α-hetero) is 2. The highest BCUT2D eigenvalue weighted by atomic mass is 19.4. The standard InChI is InChI=1S/C17H16F3NO4/c1-15(2)11-7-8-16(15,13(23)12(11)22)14(24)21-9-3-5-10(6-4-9)25-17(18,19)20/h3-6,11H,7-8H2,1-2H3,(H,21,24)/t11-,16-/m0/s1. The average molecular weight is 355 g/mol. The monoisotopic (exact) mass is 355 g/mol. The molecule has 2 saturated carbocycles. The van der Waals surface area contributed by atoms with Crippen molar-refractivity contribution in [2.75, 3.05) is 5.32 Å². The van der Waals surface area contributed by atoms with Gasteiger partial charge in [0.1, 0.15) is 11.2 Å². The van der Waals surface area contributed by atoms with E-state index in [4.69, 9.17) is 0 Å². The molecule has 0 aromatic heterocycles. The quantitative estimate of drug-likeness (QED) is 0.668. The maximum absolute atomic E-state index is 12.8. The summed E-state index contributed by atoms with van der Waals surface area (Å²) in [4.78, 5) is 37.2. The topological polar surface area (TPSA) is 72.5 Å². The van der Waals surface area contributed by atoms with E-state index in [1.165, 1.54) is 12.1 Å². The molecule has 2 atom stereocenters. The number of hydrogen-bond donors (Lipinski definition) is 1. The number of ether oxygens (including phenoxy) is 1. The Bertz CT molecular complexity index is 754. The molecule has 0 aliphatic heterocycles. The Morgan fingerprint density at radius 1 is 1.20 bits per heavy atom. The number of carbonyl (C=O) groups excluding carboxylic acids is 3. The van der Waals surface area contributed by atoms with Crippen LogP contribution in [0.4, 0.5) is 18.9 Å². The summed E-state index contributed by atoms with van der Waals surface area (Å²) < 4.78 is 40.2. The molecule has 0 spiro atoms. The highest BCUT2D eigenvalue weighted by Crippen LogP contribution is 2.62. The fourth-order valence-corrected chi connectivity index (χ4v) is 4.06. The lowest BCUT2D eigenvalue weighted by Crippen LogP contribution is -2.47. The molecule has 134 valence electrons. The van der Waals surface area contributed by atoms with Crippen molar-refractivity contribution in [1.82, 2.24) is 0 Å². The molecule has 0 radical (unpaired) electrons. The molecule has 5 nitrogen and oxygen atoms in total. The molecular weight excluding hydrogens is 339 g/mol. The molecule has 8 heteroatoms. The Kier molecular flexibility index (Phi) is 3.70. The number of halogens is 3. The minimum atomic E-state index is -4.80. The van der Waals surface area contributed by atoms with Gasteiger partial charge >= 0.3 is 6.36 Å². The number of alkyl halides is 3. The van der Waals surface area contributed by atoms with Gasteiger partial charge in [-0.2, -0.15) is 0 Å². The molecule has 0 unspecified atom stereocenters. The zero-order chi connectivity index (χ0) is 18.6. The molecule has 0 saturated heterocycles. The third kappa shape index (κ3) is 2.51. The number of nitrogens with one attached hydrogen (secondary N) is 1. The van der Waals surface area contributed by atoms with Crippen LogP contribution in [-0.2, 0) is 14.4 Å².